The van der Waals surface area contributed by atoms with Crippen LogP contribution in [0.25, 0.3) is 0 Å². The molecule has 0 heterocycles. The van der Waals surface area contributed by atoms with Gasteiger partial charge < -0.3 is 4.90 Å². The van der Waals surface area contributed by atoms with Crippen molar-refractivity contribution in [2.75, 3.05) is 7.05 Å². The van der Waals surface area contributed by atoms with Crippen molar-refractivity contribution in [1.29, 1.82) is 5.26 Å². The Morgan fingerprint density at radius 3 is 2.87 bits per heavy atom. The molecule has 1 aromatic rings. The molecule has 0 spiro atoms. The third kappa shape index (κ3) is 3.10. The van der Waals surface area contributed by atoms with Crippen molar-refractivity contribution in [2.45, 2.75) is 19.9 Å². The lowest BCUT2D eigenvalue weighted by Gasteiger charge is -2.16. The van der Waals surface area contributed by atoms with Crippen molar-refractivity contribution in [3.8, 4) is 6.07 Å². The summed E-state index contributed by atoms with van der Waals surface area (Å²) in [4.78, 5) is 13.0. The normalized spacial score (nSPS) is 9.40. The van der Waals surface area contributed by atoms with Crippen LogP contribution in [-0.2, 0) is 11.3 Å². The van der Waals surface area contributed by atoms with Gasteiger partial charge in [0.25, 0.3) is 0 Å². The van der Waals surface area contributed by atoms with E-state index in [2.05, 4.69) is 6.07 Å². The number of rotatable bonds is 3. The predicted octanol–water partition coefficient (Wildman–Crippen LogP) is 1.93. The Balaban J connectivity index is 2.73. The molecule has 0 radical (unpaired) electrons. The average molecular weight is 202 g/mol. The first-order valence-electron chi connectivity index (χ1n) is 4.90. The number of benzene rings is 1. The van der Waals surface area contributed by atoms with Crippen molar-refractivity contribution in [3.63, 3.8) is 0 Å². The molecular weight excluding hydrogens is 188 g/mol. The molecule has 1 rings (SSSR count). The molecule has 0 saturated heterocycles. The molecule has 15 heavy (non-hydrogen) atoms. The molecule has 1 aromatic carbocycles. The molecule has 0 saturated carbocycles. The maximum Gasteiger partial charge on any atom is 0.222 e. The average Bonchev–Trinajstić information content (AvgIpc) is 2.28. The summed E-state index contributed by atoms with van der Waals surface area (Å²) in [6.07, 6.45) is 0.508. The molecule has 0 bridgehead atoms. The van der Waals surface area contributed by atoms with Gasteiger partial charge >= 0.3 is 0 Å². The van der Waals surface area contributed by atoms with Crippen molar-refractivity contribution < 1.29 is 4.79 Å². The van der Waals surface area contributed by atoms with Gasteiger partial charge in [-0.2, -0.15) is 5.26 Å². The van der Waals surface area contributed by atoms with Gasteiger partial charge in [0.15, 0.2) is 0 Å². The molecule has 0 aliphatic rings. The van der Waals surface area contributed by atoms with Gasteiger partial charge in [0, 0.05) is 20.0 Å². The molecule has 3 nitrogen and oxygen atoms in total. The van der Waals surface area contributed by atoms with Crippen LogP contribution in [0.3, 0.4) is 0 Å². The molecular formula is C12H14N2O. The van der Waals surface area contributed by atoms with E-state index in [9.17, 15) is 4.79 Å². The zero-order chi connectivity index (χ0) is 11.3. The molecule has 0 aliphatic carbocycles. The van der Waals surface area contributed by atoms with Gasteiger partial charge in [-0.25, -0.2) is 0 Å². The Bertz CT molecular complexity index is 393. The topological polar surface area (TPSA) is 44.1 Å². The van der Waals surface area contributed by atoms with Gasteiger partial charge in [0.05, 0.1) is 11.6 Å². The summed E-state index contributed by atoms with van der Waals surface area (Å²) in [6, 6.07) is 9.39. The van der Waals surface area contributed by atoms with E-state index >= 15 is 0 Å². The Morgan fingerprint density at radius 1 is 1.53 bits per heavy atom. The van der Waals surface area contributed by atoms with E-state index in [0.717, 1.165) is 5.56 Å². The highest BCUT2D eigenvalue weighted by molar-refractivity contribution is 5.75. The molecule has 0 aromatic heterocycles. The lowest BCUT2D eigenvalue weighted by molar-refractivity contribution is -0.130. The number of carbonyl (C=O) groups excluding carboxylic acids is 1. The van der Waals surface area contributed by atoms with Gasteiger partial charge in [-0.1, -0.05) is 19.1 Å². The minimum Gasteiger partial charge on any atom is -0.341 e. The SMILES string of the molecule is CCC(=O)N(C)Cc1cccc(C#N)c1. The van der Waals surface area contributed by atoms with Crippen LogP contribution in [-0.4, -0.2) is 17.9 Å². The fourth-order valence-electron chi connectivity index (χ4n) is 1.37. The van der Waals surface area contributed by atoms with Crippen molar-refractivity contribution in [2.24, 2.45) is 0 Å². The third-order valence-corrected chi connectivity index (χ3v) is 2.20. The quantitative estimate of drug-likeness (QED) is 0.751. The Morgan fingerprint density at radius 2 is 2.27 bits per heavy atom. The number of nitrogens with zero attached hydrogens (tertiary/aromatic N) is 2. The van der Waals surface area contributed by atoms with Crippen molar-refractivity contribution in [3.05, 3.63) is 35.4 Å². The summed E-state index contributed by atoms with van der Waals surface area (Å²) >= 11 is 0. The van der Waals surface area contributed by atoms with E-state index in [1.54, 1.807) is 24.1 Å². The fourth-order valence-corrected chi connectivity index (χ4v) is 1.37. The second-order valence-electron chi connectivity index (χ2n) is 3.42. The zero-order valence-electron chi connectivity index (χ0n) is 9.03. The van der Waals surface area contributed by atoms with Crippen LogP contribution in [0.1, 0.15) is 24.5 Å². The summed E-state index contributed by atoms with van der Waals surface area (Å²) in [5.74, 6) is 0.109. The zero-order valence-corrected chi connectivity index (χ0v) is 9.03. The fraction of sp³-hybridized carbons (Fsp3) is 0.333. The van der Waals surface area contributed by atoms with Crippen LogP contribution in [0.4, 0.5) is 0 Å². The number of hydrogen-bond donors (Lipinski definition) is 0. The standard InChI is InChI=1S/C12H14N2O/c1-3-12(15)14(2)9-11-6-4-5-10(7-11)8-13/h4-7H,3,9H2,1-2H3. The second kappa shape index (κ2) is 5.16. The Hall–Kier alpha value is -1.82. The van der Waals surface area contributed by atoms with Crippen LogP contribution < -0.4 is 0 Å². The predicted molar refractivity (Wildman–Crippen MR) is 57.9 cm³/mol. The lowest BCUT2D eigenvalue weighted by Crippen LogP contribution is -2.25. The van der Waals surface area contributed by atoms with Gasteiger partial charge in [0.2, 0.25) is 5.91 Å². The molecule has 0 fully saturated rings. The second-order valence-corrected chi connectivity index (χ2v) is 3.42. The highest BCUT2D eigenvalue weighted by atomic mass is 16.2. The molecule has 0 atom stereocenters. The van der Waals surface area contributed by atoms with Gasteiger partial charge in [-0.3, -0.25) is 4.79 Å². The molecule has 0 N–H and O–H groups in total. The first-order valence-corrected chi connectivity index (χ1v) is 4.90. The van der Waals surface area contributed by atoms with Crippen molar-refractivity contribution in [1.82, 2.24) is 4.90 Å². The molecule has 3 heteroatoms. The number of hydrogen-bond acceptors (Lipinski definition) is 2. The highest BCUT2D eigenvalue weighted by Gasteiger charge is 2.06. The number of carbonyl (C=O) groups is 1. The summed E-state index contributed by atoms with van der Waals surface area (Å²) in [5.41, 5.74) is 1.61. The minimum atomic E-state index is 0.109. The summed E-state index contributed by atoms with van der Waals surface area (Å²) in [5, 5.41) is 8.72. The van der Waals surface area contributed by atoms with Gasteiger partial charge in [0.1, 0.15) is 0 Å². The Labute approximate surface area is 89.9 Å². The third-order valence-electron chi connectivity index (χ3n) is 2.20. The summed E-state index contributed by atoms with van der Waals surface area (Å²) < 4.78 is 0. The van der Waals surface area contributed by atoms with Crippen LogP contribution in [0.5, 0.6) is 0 Å². The van der Waals surface area contributed by atoms with Crippen LogP contribution in [0, 0.1) is 11.3 Å². The van der Waals surface area contributed by atoms with Gasteiger partial charge in [-0.05, 0) is 17.7 Å². The van der Waals surface area contributed by atoms with Crippen molar-refractivity contribution >= 4 is 5.91 Å². The van der Waals surface area contributed by atoms with E-state index in [1.165, 1.54) is 0 Å². The van der Waals surface area contributed by atoms with Gasteiger partial charge in [-0.15, -0.1) is 0 Å². The van der Waals surface area contributed by atoms with E-state index in [-0.39, 0.29) is 5.91 Å². The number of amides is 1. The number of nitriles is 1. The smallest absolute Gasteiger partial charge is 0.222 e. The largest absolute Gasteiger partial charge is 0.341 e. The highest BCUT2D eigenvalue weighted by Crippen LogP contribution is 2.07. The first-order chi connectivity index (χ1) is 7.17. The lowest BCUT2D eigenvalue weighted by atomic mass is 10.1. The monoisotopic (exact) mass is 202 g/mol. The van der Waals surface area contributed by atoms with Crippen LogP contribution in [0.2, 0.25) is 0 Å². The van der Waals surface area contributed by atoms with Crippen LogP contribution >= 0.6 is 0 Å². The maximum atomic E-state index is 11.3. The Kier molecular flexibility index (Phi) is 3.87. The molecule has 78 valence electrons. The summed E-state index contributed by atoms with van der Waals surface area (Å²) in [6.45, 7) is 2.40. The van der Waals surface area contributed by atoms with Crippen LogP contribution in [0.15, 0.2) is 24.3 Å². The molecule has 0 aliphatic heterocycles. The maximum absolute atomic E-state index is 11.3. The summed E-state index contributed by atoms with van der Waals surface area (Å²) in [7, 11) is 1.77. The first kappa shape index (κ1) is 11.3. The van der Waals surface area contributed by atoms with E-state index < -0.39 is 0 Å². The minimum absolute atomic E-state index is 0.109. The van der Waals surface area contributed by atoms with E-state index in [1.807, 2.05) is 19.1 Å². The molecule has 0 unspecified atom stereocenters. The van der Waals surface area contributed by atoms with E-state index in [4.69, 9.17) is 5.26 Å². The molecule has 1 amide bonds. The van der Waals surface area contributed by atoms with E-state index in [0.29, 0.717) is 18.5 Å².